The molecule has 0 amide bonds. The van der Waals surface area contributed by atoms with Gasteiger partial charge in [-0.25, -0.2) is 17.6 Å². The number of alkyl halides is 2. The first-order valence-corrected chi connectivity index (χ1v) is 14.6. The third kappa shape index (κ3) is 7.75. The van der Waals surface area contributed by atoms with Crippen LogP contribution in [-0.2, 0) is 10.8 Å². The third-order valence-corrected chi connectivity index (χ3v) is 7.80. The molecule has 2 atom stereocenters. The topological polar surface area (TPSA) is 27.7 Å². The van der Waals surface area contributed by atoms with Crippen LogP contribution in [0.2, 0.25) is 0 Å². The maximum atomic E-state index is 15.2. The van der Waals surface area contributed by atoms with E-state index in [2.05, 4.69) is 16.4 Å². The number of ether oxygens (including phenoxy) is 3. The molecule has 0 spiro atoms. The number of halogens is 9. The van der Waals surface area contributed by atoms with Crippen LogP contribution in [0.15, 0.2) is 84.9 Å². The molecule has 2 unspecified atom stereocenters. The molecule has 5 rings (SSSR count). The van der Waals surface area contributed by atoms with Crippen LogP contribution < -0.4 is 9.47 Å². The third-order valence-electron chi connectivity index (χ3n) is 7.80. The molecule has 12 heteroatoms. The van der Waals surface area contributed by atoms with Crippen LogP contribution in [0.4, 0.5) is 39.5 Å². The minimum absolute atomic E-state index is 0.00145. The highest BCUT2D eigenvalue weighted by atomic mass is 19.3. The van der Waals surface area contributed by atoms with E-state index in [0.717, 1.165) is 49.5 Å². The first-order chi connectivity index (χ1) is 22.4. The molecule has 3 nitrogen and oxygen atoms in total. The summed E-state index contributed by atoms with van der Waals surface area (Å²) in [6.07, 6.45) is -3.24. The molecule has 1 fully saturated rings. The van der Waals surface area contributed by atoms with Crippen LogP contribution in [0.1, 0.15) is 49.8 Å². The predicted octanol–water partition coefficient (Wildman–Crippen LogP) is 11.4. The van der Waals surface area contributed by atoms with Crippen LogP contribution in [0.5, 0.6) is 11.5 Å². The Morgan fingerprint density at radius 1 is 0.766 bits per heavy atom. The van der Waals surface area contributed by atoms with Gasteiger partial charge >= 0.3 is 18.2 Å². The number of hydrogen-bond acceptors (Lipinski definition) is 3. The molecule has 0 aliphatic carbocycles. The molecule has 0 N–H and O–H groups in total. The smallest absolute Gasteiger partial charge is 0.429 e. The van der Waals surface area contributed by atoms with Crippen molar-refractivity contribution in [1.82, 2.24) is 0 Å². The zero-order chi connectivity index (χ0) is 33.9. The summed E-state index contributed by atoms with van der Waals surface area (Å²) in [5.41, 5.74) is 0.772. The van der Waals surface area contributed by atoms with Crippen molar-refractivity contribution in [2.45, 2.75) is 44.8 Å². The van der Waals surface area contributed by atoms with E-state index in [-0.39, 0.29) is 29.4 Å². The van der Waals surface area contributed by atoms with Crippen LogP contribution in [0, 0.1) is 29.2 Å². The molecule has 47 heavy (non-hydrogen) atoms. The molecule has 0 saturated carbocycles. The Labute approximate surface area is 264 Å². The molecule has 1 aliphatic heterocycles. The first kappa shape index (κ1) is 33.9. The van der Waals surface area contributed by atoms with Gasteiger partial charge in [-0.2, -0.15) is 22.0 Å². The fraction of sp³-hybridized carbons (Fsp3) is 0.257. The SMILES string of the molecule is CCCC1CCC(c2ccc(-c3ccc(-c4ccc(C(F)(F)Oc5cc(F)c(OC(F)=C(F)F)c(F)c5)c(F)c4)c(F)c3)cc2)OC1. The summed E-state index contributed by atoms with van der Waals surface area (Å²) in [5.74, 6) is -8.22. The molecular weight excluding hydrogens is 639 g/mol. The molecular formula is C35H27F9O3. The van der Waals surface area contributed by atoms with E-state index < -0.39 is 58.5 Å². The average molecular weight is 667 g/mol. The van der Waals surface area contributed by atoms with Crippen molar-refractivity contribution in [3.63, 3.8) is 0 Å². The summed E-state index contributed by atoms with van der Waals surface area (Å²) in [6, 6.07) is 11.7. The summed E-state index contributed by atoms with van der Waals surface area (Å²) in [6.45, 7) is 2.87. The Kier molecular flexibility index (Phi) is 10.2. The van der Waals surface area contributed by atoms with Crippen molar-refractivity contribution in [2.75, 3.05) is 6.61 Å². The molecule has 4 aromatic rings. The second-order valence-corrected chi connectivity index (χ2v) is 11.0. The van der Waals surface area contributed by atoms with Crippen molar-refractivity contribution in [3.8, 4) is 33.8 Å². The van der Waals surface area contributed by atoms with Crippen LogP contribution >= 0.6 is 0 Å². The summed E-state index contributed by atoms with van der Waals surface area (Å²) in [5, 5.41) is 0. The van der Waals surface area contributed by atoms with E-state index in [1.165, 1.54) is 12.1 Å². The molecule has 248 valence electrons. The van der Waals surface area contributed by atoms with Crippen molar-refractivity contribution in [3.05, 3.63) is 119 Å². The fourth-order valence-electron chi connectivity index (χ4n) is 5.47. The molecule has 1 saturated heterocycles. The lowest BCUT2D eigenvalue weighted by Gasteiger charge is -2.29. The van der Waals surface area contributed by atoms with Crippen LogP contribution in [-0.4, -0.2) is 6.61 Å². The van der Waals surface area contributed by atoms with Crippen molar-refractivity contribution in [2.24, 2.45) is 5.92 Å². The van der Waals surface area contributed by atoms with Crippen LogP contribution in [0.25, 0.3) is 22.3 Å². The Morgan fingerprint density at radius 3 is 1.98 bits per heavy atom. The van der Waals surface area contributed by atoms with Gasteiger partial charge in [0, 0.05) is 17.7 Å². The van der Waals surface area contributed by atoms with Crippen molar-refractivity contribution >= 4 is 0 Å². The minimum Gasteiger partial charge on any atom is -0.429 e. The van der Waals surface area contributed by atoms with E-state index in [9.17, 15) is 35.1 Å². The monoisotopic (exact) mass is 666 g/mol. The standard InChI is InChI=1S/C35H27F9O3/c1-2-3-19-4-13-31(45-18-19)21-7-5-20(6-8-21)22-9-11-25(27(36)14-22)23-10-12-26(28(37)15-23)35(43,44)47-24-16-29(38)32(30(39)17-24)46-34(42)33(40)41/h5-12,14-17,19,31H,2-4,13,18H2,1H3. The first-order valence-electron chi connectivity index (χ1n) is 14.6. The summed E-state index contributed by atoms with van der Waals surface area (Å²) >= 11 is 0. The predicted molar refractivity (Wildman–Crippen MR) is 155 cm³/mol. The Morgan fingerprint density at radius 2 is 1.40 bits per heavy atom. The second kappa shape index (κ2) is 14.1. The lowest BCUT2D eigenvalue weighted by atomic mass is 9.91. The van der Waals surface area contributed by atoms with E-state index in [4.69, 9.17) is 4.74 Å². The van der Waals surface area contributed by atoms with Crippen molar-refractivity contribution < 1.29 is 53.7 Å². The van der Waals surface area contributed by atoms with E-state index >= 15 is 4.39 Å². The van der Waals surface area contributed by atoms with Gasteiger partial charge in [0.2, 0.25) is 5.75 Å². The van der Waals surface area contributed by atoms with Gasteiger partial charge in [0.1, 0.15) is 17.4 Å². The average Bonchev–Trinajstić information content (AvgIpc) is 3.03. The highest BCUT2D eigenvalue weighted by Crippen LogP contribution is 2.39. The molecule has 4 aromatic carbocycles. The van der Waals surface area contributed by atoms with Gasteiger partial charge < -0.3 is 14.2 Å². The molecule has 0 bridgehead atoms. The van der Waals surface area contributed by atoms with E-state index in [1.807, 2.05) is 24.3 Å². The minimum atomic E-state index is -4.51. The maximum absolute atomic E-state index is 15.2. The highest BCUT2D eigenvalue weighted by Gasteiger charge is 2.38. The van der Waals surface area contributed by atoms with Gasteiger partial charge in [0.25, 0.3) is 0 Å². The normalized spacial score (nSPS) is 16.6. The van der Waals surface area contributed by atoms with E-state index in [1.54, 1.807) is 6.07 Å². The molecule has 0 radical (unpaired) electrons. The van der Waals surface area contributed by atoms with E-state index in [0.29, 0.717) is 23.6 Å². The number of hydrogen-bond donors (Lipinski definition) is 0. The number of benzene rings is 4. The van der Waals surface area contributed by atoms with Crippen molar-refractivity contribution in [1.29, 1.82) is 0 Å². The number of rotatable bonds is 10. The van der Waals surface area contributed by atoms with Crippen LogP contribution in [0.3, 0.4) is 0 Å². The zero-order valence-corrected chi connectivity index (χ0v) is 24.7. The fourth-order valence-corrected chi connectivity index (χ4v) is 5.47. The van der Waals surface area contributed by atoms with Gasteiger partial charge in [-0.1, -0.05) is 55.8 Å². The van der Waals surface area contributed by atoms with Gasteiger partial charge in [-0.3, -0.25) is 0 Å². The second-order valence-electron chi connectivity index (χ2n) is 11.0. The highest BCUT2D eigenvalue weighted by molar-refractivity contribution is 5.71. The van der Waals surface area contributed by atoms with Gasteiger partial charge in [0.05, 0.1) is 18.3 Å². The maximum Gasteiger partial charge on any atom is 0.429 e. The Hall–Kier alpha value is -4.45. The quantitative estimate of drug-likeness (QED) is 0.125. The molecule has 1 aliphatic rings. The largest absolute Gasteiger partial charge is 0.429 e. The van der Waals surface area contributed by atoms with Gasteiger partial charge in [0.15, 0.2) is 11.6 Å². The summed E-state index contributed by atoms with van der Waals surface area (Å²) < 4.78 is 139. The summed E-state index contributed by atoms with van der Waals surface area (Å²) in [4.78, 5) is 0. The lowest BCUT2D eigenvalue weighted by Crippen LogP contribution is -2.23. The zero-order valence-electron chi connectivity index (χ0n) is 24.7. The Bertz CT molecular complexity index is 1740. The molecule has 1 heterocycles. The van der Waals surface area contributed by atoms with Gasteiger partial charge in [-0.05, 0) is 65.6 Å². The Balaban J connectivity index is 1.29. The molecule has 0 aromatic heterocycles. The van der Waals surface area contributed by atoms with Gasteiger partial charge in [-0.15, -0.1) is 0 Å². The summed E-state index contributed by atoms with van der Waals surface area (Å²) in [7, 11) is 0. The lowest BCUT2D eigenvalue weighted by molar-refractivity contribution is -0.187.